The molecule has 0 fully saturated rings. The summed E-state index contributed by atoms with van der Waals surface area (Å²) in [5.74, 6) is -0.370. The first kappa shape index (κ1) is 12.7. The lowest BCUT2D eigenvalue weighted by Gasteiger charge is -2.06. The number of hydrogen-bond donors (Lipinski definition) is 1. The molecule has 6 heteroatoms. The number of fused-ring (bicyclic) bond motifs is 3. The average molecular weight is 294 g/mol. The van der Waals surface area contributed by atoms with Gasteiger partial charge in [0, 0.05) is 42.0 Å². The van der Waals surface area contributed by atoms with E-state index >= 15 is 0 Å². The first-order valence-electron chi connectivity index (χ1n) is 6.72. The molecule has 22 heavy (non-hydrogen) atoms. The normalized spacial score (nSPS) is 11.4. The molecule has 0 amide bonds. The molecule has 1 N–H and O–H groups in total. The van der Waals surface area contributed by atoms with Crippen molar-refractivity contribution in [1.29, 1.82) is 0 Å². The Morgan fingerprint density at radius 2 is 2.14 bits per heavy atom. The minimum atomic E-state index is -0.370. The zero-order chi connectivity index (χ0) is 15.3. The van der Waals surface area contributed by atoms with Crippen LogP contribution in [0.25, 0.3) is 33.1 Å². The summed E-state index contributed by atoms with van der Waals surface area (Å²) in [6.07, 6.45) is 4.81. The molecule has 0 saturated heterocycles. The van der Waals surface area contributed by atoms with Crippen molar-refractivity contribution in [2.75, 3.05) is 0 Å². The summed E-state index contributed by atoms with van der Waals surface area (Å²) in [6, 6.07) is 6.62. The summed E-state index contributed by atoms with van der Waals surface area (Å²) in [7, 11) is 1.67. The number of hydrogen-bond acceptors (Lipinski definition) is 3. The van der Waals surface area contributed by atoms with Gasteiger partial charge in [0.15, 0.2) is 0 Å². The van der Waals surface area contributed by atoms with Gasteiger partial charge in [-0.05, 0) is 12.1 Å². The second-order valence-corrected chi connectivity index (χ2v) is 5.10. The zero-order valence-corrected chi connectivity index (χ0v) is 11.7. The molecule has 108 valence electrons. The van der Waals surface area contributed by atoms with Crippen molar-refractivity contribution in [2.24, 2.45) is 7.05 Å². The molecular weight excluding hydrogens is 283 g/mol. The van der Waals surface area contributed by atoms with Crippen LogP contribution in [0.5, 0.6) is 0 Å². The van der Waals surface area contributed by atoms with Crippen LogP contribution in [0.4, 0.5) is 4.39 Å². The van der Waals surface area contributed by atoms with Crippen LogP contribution in [0.1, 0.15) is 0 Å². The molecule has 0 aliphatic rings. The fourth-order valence-electron chi connectivity index (χ4n) is 2.63. The van der Waals surface area contributed by atoms with E-state index in [-0.39, 0.29) is 11.5 Å². The van der Waals surface area contributed by atoms with E-state index in [2.05, 4.69) is 15.0 Å². The number of imidazole rings is 1. The largest absolute Gasteiger partial charge is 0.326 e. The standard InChI is InChI=1S/C16H11FN4O/c1-21-14-8-19-13-6-12(17)10(9-3-2-4-18-7-9)5-11(13)15(14)20-16(21)22/h2-8H,1H3,(H,20,22). The lowest BCUT2D eigenvalue weighted by molar-refractivity contribution is 0.633. The minimum absolute atomic E-state index is 0.225. The Morgan fingerprint density at radius 3 is 2.91 bits per heavy atom. The predicted octanol–water partition coefficient (Wildman–Crippen LogP) is 2.62. The number of benzene rings is 1. The van der Waals surface area contributed by atoms with Gasteiger partial charge >= 0.3 is 5.69 Å². The third-order valence-corrected chi connectivity index (χ3v) is 3.81. The first-order chi connectivity index (χ1) is 10.6. The van der Waals surface area contributed by atoms with Gasteiger partial charge in [-0.2, -0.15) is 0 Å². The van der Waals surface area contributed by atoms with Gasteiger partial charge in [-0.25, -0.2) is 9.18 Å². The Hall–Kier alpha value is -3.02. The van der Waals surface area contributed by atoms with Gasteiger partial charge in [0.05, 0.1) is 22.7 Å². The van der Waals surface area contributed by atoms with E-state index in [1.165, 1.54) is 10.6 Å². The van der Waals surface area contributed by atoms with E-state index in [1.807, 2.05) is 0 Å². The number of aromatic nitrogens is 4. The molecule has 0 atom stereocenters. The van der Waals surface area contributed by atoms with Crippen LogP contribution >= 0.6 is 0 Å². The number of halogens is 1. The van der Waals surface area contributed by atoms with Gasteiger partial charge in [-0.1, -0.05) is 6.07 Å². The van der Waals surface area contributed by atoms with Crippen LogP contribution in [-0.4, -0.2) is 19.5 Å². The van der Waals surface area contributed by atoms with Crippen LogP contribution in [-0.2, 0) is 7.05 Å². The lowest BCUT2D eigenvalue weighted by atomic mass is 10.0. The highest BCUT2D eigenvalue weighted by atomic mass is 19.1. The van der Waals surface area contributed by atoms with Crippen molar-refractivity contribution in [2.45, 2.75) is 0 Å². The summed E-state index contributed by atoms with van der Waals surface area (Å²) in [6.45, 7) is 0. The number of pyridine rings is 2. The average Bonchev–Trinajstić information content (AvgIpc) is 2.83. The monoisotopic (exact) mass is 294 g/mol. The van der Waals surface area contributed by atoms with Crippen molar-refractivity contribution >= 4 is 21.9 Å². The molecule has 0 spiro atoms. The fourth-order valence-corrected chi connectivity index (χ4v) is 2.63. The van der Waals surface area contributed by atoms with Crippen molar-refractivity contribution < 1.29 is 4.39 Å². The maximum absolute atomic E-state index is 14.3. The molecule has 0 aliphatic carbocycles. The second kappa shape index (κ2) is 4.49. The SMILES string of the molecule is Cn1c(=O)[nH]c2c3cc(-c4cccnc4)c(F)cc3ncc21. The number of rotatable bonds is 1. The molecule has 3 aromatic heterocycles. The summed E-state index contributed by atoms with van der Waals surface area (Å²) in [5.41, 5.74) is 2.72. The molecule has 0 bridgehead atoms. The smallest absolute Gasteiger partial charge is 0.305 e. The summed E-state index contributed by atoms with van der Waals surface area (Å²) >= 11 is 0. The summed E-state index contributed by atoms with van der Waals surface area (Å²) in [5, 5.41) is 0.704. The highest BCUT2D eigenvalue weighted by Crippen LogP contribution is 2.29. The highest BCUT2D eigenvalue weighted by molar-refractivity contribution is 6.03. The van der Waals surface area contributed by atoms with Crippen LogP contribution in [0.2, 0.25) is 0 Å². The molecule has 0 aliphatic heterocycles. The Kier molecular flexibility index (Phi) is 2.59. The minimum Gasteiger partial charge on any atom is -0.305 e. The predicted molar refractivity (Wildman–Crippen MR) is 82.0 cm³/mol. The second-order valence-electron chi connectivity index (χ2n) is 5.10. The fraction of sp³-hybridized carbons (Fsp3) is 0.0625. The third-order valence-electron chi connectivity index (χ3n) is 3.81. The molecule has 4 rings (SSSR count). The Morgan fingerprint density at radius 1 is 1.27 bits per heavy atom. The van der Waals surface area contributed by atoms with E-state index < -0.39 is 0 Å². The van der Waals surface area contributed by atoms with E-state index in [4.69, 9.17) is 0 Å². The van der Waals surface area contributed by atoms with Gasteiger partial charge in [0.2, 0.25) is 0 Å². The molecule has 0 saturated carbocycles. The molecule has 0 radical (unpaired) electrons. The topological polar surface area (TPSA) is 63.6 Å². The number of nitrogens with one attached hydrogen (secondary N) is 1. The van der Waals surface area contributed by atoms with Crippen LogP contribution < -0.4 is 5.69 Å². The van der Waals surface area contributed by atoms with E-state index in [1.54, 1.807) is 43.8 Å². The number of aromatic amines is 1. The molecular formula is C16H11FN4O. The Balaban J connectivity index is 2.12. The molecule has 0 unspecified atom stereocenters. The number of nitrogens with zero attached hydrogens (tertiary/aromatic N) is 3. The van der Waals surface area contributed by atoms with Gasteiger partial charge in [-0.15, -0.1) is 0 Å². The van der Waals surface area contributed by atoms with E-state index in [9.17, 15) is 9.18 Å². The molecule has 5 nitrogen and oxygen atoms in total. The van der Waals surface area contributed by atoms with Gasteiger partial charge < -0.3 is 4.98 Å². The van der Waals surface area contributed by atoms with Crippen molar-refractivity contribution in [3.05, 3.63) is 59.2 Å². The summed E-state index contributed by atoms with van der Waals surface area (Å²) in [4.78, 5) is 22.9. The molecule has 1 aromatic carbocycles. The van der Waals surface area contributed by atoms with Crippen LogP contribution in [0.3, 0.4) is 0 Å². The van der Waals surface area contributed by atoms with Crippen molar-refractivity contribution in [3.63, 3.8) is 0 Å². The lowest BCUT2D eigenvalue weighted by Crippen LogP contribution is -2.11. The van der Waals surface area contributed by atoms with Crippen LogP contribution in [0.15, 0.2) is 47.7 Å². The number of aryl methyl sites for hydroxylation is 1. The van der Waals surface area contributed by atoms with Gasteiger partial charge in [0.1, 0.15) is 5.82 Å². The molecule has 4 aromatic rings. The quantitative estimate of drug-likeness (QED) is 0.587. The van der Waals surface area contributed by atoms with Crippen molar-refractivity contribution in [1.82, 2.24) is 19.5 Å². The summed E-state index contributed by atoms with van der Waals surface area (Å²) < 4.78 is 15.8. The Labute approximate surface area is 124 Å². The maximum atomic E-state index is 14.3. The van der Waals surface area contributed by atoms with E-state index in [0.717, 1.165) is 0 Å². The molecule has 3 heterocycles. The third kappa shape index (κ3) is 1.74. The highest BCUT2D eigenvalue weighted by Gasteiger charge is 2.13. The number of H-pyrrole nitrogens is 1. The van der Waals surface area contributed by atoms with E-state index in [0.29, 0.717) is 33.1 Å². The van der Waals surface area contributed by atoms with Gasteiger partial charge in [-0.3, -0.25) is 14.5 Å². The zero-order valence-electron chi connectivity index (χ0n) is 11.7. The van der Waals surface area contributed by atoms with Crippen molar-refractivity contribution in [3.8, 4) is 11.1 Å². The Bertz CT molecular complexity index is 1070. The maximum Gasteiger partial charge on any atom is 0.326 e. The first-order valence-corrected chi connectivity index (χ1v) is 6.72. The van der Waals surface area contributed by atoms with Crippen LogP contribution in [0, 0.1) is 5.82 Å². The van der Waals surface area contributed by atoms with Gasteiger partial charge in [0.25, 0.3) is 0 Å².